The quantitative estimate of drug-likeness (QED) is 0.729. The summed E-state index contributed by atoms with van der Waals surface area (Å²) in [7, 11) is -4.13. The molecule has 1 aromatic heterocycles. The maximum Gasteiger partial charge on any atom is 0.332 e. The van der Waals surface area contributed by atoms with Crippen molar-refractivity contribution in [3.05, 3.63) is 54.7 Å². The van der Waals surface area contributed by atoms with E-state index in [1.165, 1.54) is 6.39 Å². The lowest BCUT2D eigenvalue weighted by molar-refractivity contribution is -0.383. The van der Waals surface area contributed by atoms with Crippen molar-refractivity contribution in [2.75, 3.05) is 0 Å². The summed E-state index contributed by atoms with van der Waals surface area (Å²) in [6.07, 6.45) is 4.78. The summed E-state index contributed by atoms with van der Waals surface area (Å²) >= 11 is 0. The van der Waals surface area contributed by atoms with Crippen LogP contribution in [0.4, 0.5) is 0 Å². The van der Waals surface area contributed by atoms with Gasteiger partial charge in [0.1, 0.15) is 0 Å². The average molecular weight is 241 g/mol. The van der Waals surface area contributed by atoms with Crippen LogP contribution in [0, 0.1) is 0 Å². The smallest absolute Gasteiger partial charge is 0.332 e. The van der Waals surface area contributed by atoms with E-state index >= 15 is 0 Å². The number of aromatic amines is 1. The Balaban J connectivity index is 0.000000212. The first kappa shape index (κ1) is 12.4. The van der Waals surface area contributed by atoms with Crippen molar-refractivity contribution < 1.29 is 22.4 Å². The molecule has 0 atom stereocenters. The van der Waals surface area contributed by atoms with Gasteiger partial charge in [0.25, 0.3) is 0 Å². The molecule has 2 aromatic rings. The fourth-order valence-electron chi connectivity index (χ4n) is 0.975. The molecule has 1 heterocycles. The van der Waals surface area contributed by atoms with Gasteiger partial charge in [0.15, 0.2) is 6.26 Å². The molecule has 0 saturated heterocycles. The molecule has 0 unspecified atom stereocenters. The Hall–Kier alpha value is -1.66. The molecule has 5 nitrogen and oxygen atoms in total. The highest BCUT2D eigenvalue weighted by Crippen LogP contribution is 2.02. The fraction of sp³-hybridized carbons (Fsp3) is 0.100. The second-order valence-corrected chi connectivity index (χ2v) is 4.31. The average Bonchev–Trinajstić information content (AvgIpc) is 2.74. The minimum atomic E-state index is -4.13. The van der Waals surface area contributed by atoms with Crippen molar-refractivity contribution in [2.24, 2.45) is 0 Å². The minimum Gasteiger partial charge on any atom is -0.748 e. The number of hydrogen-bond acceptors (Lipinski definition) is 4. The van der Waals surface area contributed by atoms with Gasteiger partial charge in [-0.25, -0.2) is 8.42 Å². The molecular formula is C10H11NO4S. The summed E-state index contributed by atoms with van der Waals surface area (Å²) in [6, 6.07) is 8.37. The molecule has 0 amide bonds. The molecule has 6 heteroatoms. The molecule has 0 aliphatic rings. The number of oxazole rings is 1. The molecule has 0 bridgehead atoms. The van der Waals surface area contributed by atoms with Crippen LogP contribution in [0.2, 0.25) is 0 Å². The molecule has 0 aliphatic carbocycles. The number of rotatable bonds is 2. The van der Waals surface area contributed by atoms with Crippen molar-refractivity contribution in [1.29, 1.82) is 0 Å². The second-order valence-electron chi connectivity index (χ2n) is 2.91. The van der Waals surface area contributed by atoms with Crippen molar-refractivity contribution in [1.82, 2.24) is 0 Å². The predicted molar refractivity (Wildman–Crippen MR) is 55.1 cm³/mol. The number of nitrogens with one attached hydrogen (secondary N) is 1. The van der Waals surface area contributed by atoms with Crippen LogP contribution in [0.5, 0.6) is 0 Å². The minimum absolute atomic E-state index is 0.423. The van der Waals surface area contributed by atoms with Crippen molar-refractivity contribution >= 4 is 10.1 Å². The van der Waals surface area contributed by atoms with Gasteiger partial charge in [0.2, 0.25) is 6.20 Å². The van der Waals surface area contributed by atoms with E-state index in [-0.39, 0.29) is 0 Å². The zero-order valence-electron chi connectivity index (χ0n) is 8.37. The summed E-state index contributed by atoms with van der Waals surface area (Å²) in [6.45, 7) is 0. The Bertz CT molecular complexity index is 462. The van der Waals surface area contributed by atoms with Gasteiger partial charge < -0.3 is 8.97 Å². The van der Waals surface area contributed by atoms with Gasteiger partial charge in [-0.2, -0.15) is 4.98 Å². The monoisotopic (exact) mass is 241 g/mol. The first-order valence-electron chi connectivity index (χ1n) is 4.44. The van der Waals surface area contributed by atoms with Crippen LogP contribution in [0.3, 0.4) is 0 Å². The third kappa shape index (κ3) is 5.94. The zero-order valence-corrected chi connectivity index (χ0v) is 9.18. The number of H-pyrrole nitrogens is 1. The third-order valence-corrected chi connectivity index (χ3v) is 2.25. The summed E-state index contributed by atoms with van der Waals surface area (Å²) in [5, 5.41) is 0. The van der Waals surface area contributed by atoms with Crippen molar-refractivity contribution in [2.45, 2.75) is 5.75 Å². The van der Waals surface area contributed by atoms with E-state index in [1.54, 1.807) is 42.8 Å². The number of benzene rings is 1. The fourth-order valence-corrected chi connectivity index (χ4v) is 1.58. The van der Waals surface area contributed by atoms with Gasteiger partial charge in [-0.15, -0.1) is 0 Å². The van der Waals surface area contributed by atoms with Gasteiger partial charge in [0, 0.05) is 0 Å². The molecule has 16 heavy (non-hydrogen) atoms. The SMILES string of the molecule is O=S(=O)([O-])Cc1ccccc1.c1coc[nH+]1. The maximum absolute atomic E-state index is 10.2. The molecular weight excluding hydrogens is 230 g/mol. The van der Waals surface area contributed by atoms with E-state index in [2.05, 4.69) is 9.40 Å². The molecule has 1 aromatic carbocycles. The van der Waals surface area contributed by atoms with Crippen molar-refractivity contribution in [3.63, 3.8) is 0 Å². The standard InChI is InChI=1S/C7H8O3S.C3H3NO/c8-11(9,10)6-7-4-2-1-3-5-7;1-2-5-3-4-1/h1-5H,6H2,(H,8,9,10);1-3H. The summed E-state index contributed by atoms with van der Waals surface area (Å²) in [5.74, 6) is -0.423. The Morgan fingerprint density at radius 1 is 1.25 bits per heavy atom. The first-order chi connectivity index (χ1) is 7.58. The van der Waals surface area contributed by atoms with Crippen LogP contribution in [-0.2, 0) is 15.9 Å². The lowest BCUT2D eigenvalue weighted by Gasteiger charge is -2.05. The summed E-state index contributed by atoms with van der Waals surface area (Å²) in [5.41, 5.74) is 0.530. The Labute approximate surface area is 93.5 Å². The highest BCUT2D eigenvalue weighted by Gasteiger charge is 1.95. The predicted octanol–water partition coefficient (Wildman–Crippen LogP) is 0.826. The topological polar surface area (TPSA) is 84.5 Å². The molecule has 0 saturated carbocycles. The highest BCUT2D eigenvalue weighted by atomic mass is 32.2. The zero-order chi connectivity index (χ0) is 11.9. The number of hydrogen-bond donors (Lipinski definition) is 0. The normalized spacial score (nSPS) is 10.3. The van der Waals surface area contributed by atoms with Crippen LogP contribution in [0.25, 0.3) is 0 Å². The van der Waals surface area contributed by atoms with Crippen LogP contribution in [0.15, 0.2) is 53.6 Å². The third-order valence-electron chi connectivity index (χ3n) is 1.57. The first-order valence-corrected chi connectivity index (χ1v) is 6.01. The van der Waals surface area contributed by atoms with Crippen LogP contribution >= 0.6 is 0 Å². The van der Waals surface area contributed by atoms with Gasteiger partial charge >= 0.3 is 6.39 Å². The molecule has 0 radical (unpaired) electrons. The van der Waals surface area contributed by atoms with E-state index in [9.17, 15) is 13.0 Å². The Morgan fingerprint density at radius 3 is 2.31 bits per heavy atom. The van der Waals surface area contributed by atoms with E-state index in [1.807, 2.05) is 0 Å². The van der Waals surface area contributed by atoms with Crippen LogP contribution < -0.4 is 4.98 Å². The van der Waals surface area contributed by atoms with Crippen molar-refractivity contribution in [3.8, 4) is 0 Å². The van der Waals surface area contributed by atoms with E-state index in [4.69, 9.17) is 0 Å². The molecule has 1 N–H and O–H groups in total. The maximum atomic E-state index is 10.2. The summed E-state index contributed by atoms with van der Waals surface area (Å²) < 4.78 is 35.3. The molecule has 0 fully saturated rings. The summed E-state index contributed by atoms with van der Waals surface area (Å²) in [4.78, 5) is 2.69. The van der Waals surface area contributed by atoms with Crippen LogP contribution in [0.1, 0.15) is 5.56 Å². The second kappa shape index (κ2) is 6.04. The van der Waals surface area contributed by atoms with Gasteiger partial charge in [-0.05, 0) is 5.56 Å². The lowest BCUT2D eigenvalue weighted by atomic mass is 10.2. The lowest BCUT2D eigenvalue weighted by Crippen LogP contribution is -2.01. The van der Waals surface area contributed by atoms with Crippen LogP contribution in [-0.4, -0.2) is 13.0 Å². The Kier molecular flexibility index (Phi) is 4.68. The molecule has 0 aliphatic heterocycles. The van der Waals surface area contributed by atoms with E-state index in [0.717, 1.165) is 0 Å². The Morgan fingerprint density at radius 2 is 1.94 bits per heavy atom. The van der Waals surface area contributed by atoms with Gasteiger partial charge in [0.05, 0.1) is 15.9 Å². The molecule has 0 spiro atoms. The number of aromatic nitrogens is 1. The van der Waals surface area contributed by atoms with E-state index < -0.39 is 15.9 Å². The molecule has 2 rings (SSSR count). The van der Waals surface area contributed by atoms with Gasteiger partial charge in [-0.3, -0.25) is 0 Å². The molecule has 86 valence electrons. The van der Waals surface area contributed by atoms with E-state index in [0.29, 0.717) is 5.56 Å². The highest BCUT2D eigenvalue weighted by molar-refractivity contribution is 7.84. The van der Waals surface area contributed by atoms with Gasteiger partial charge in [-0.1, -0.05) is 30.3 Å². The largest absolute Gasteiger partial charge is 0.748 e.